The molecule has 0 aliphatic rings. The van der Waals surface area contributed by atoms with Gasteiger partial charge in [-0.3, -0.25) is 4.98 Å². The summed E-state index contributed by atoms with van der Waals surface area (Å²) in [6.45, 7) is 7.10. The molecule has 0 spiro atoms. The molecule has 2 nitrogen and oxygen atoms in total. The Labute approximate surface area is 105 Å². The molecule has 0 aliphatic carbocycles. The van der Waals surface area contributed by atoms with Crippen molar-refractivity contribution in [2.75, 3.05) is 6.54 Å². The SMILES string of the molecule is C=CCCC(CCc1ccccn1)NCCC. The number of allylic oxidation sites excluding steroid dienone is 1. The summed E-state index contributed by atoms with van der Waals surface area (Å²) in [6.07, 6.45) is 9.53. The Morgan fingerprint density at radius 2 is 2.29 bits per heavy atom. The maximum absolute atomic E-state index is 4.36. The maximum Gasteiger partial charge on any atom is 0.0404 e. The van der Waals surface area contributed by atoms with Crippen LogP contribution in [0.25, 0.3) is 0 Å². The summed E-state index contributed by atoms with van der Waals surface area (Å²) >= 11 is 0. The first-order chi connectivity index (χ1) is 8.36. The highest BCUT2D eigenvalue weighted by Gasteiger charge is 2.07. The Morgan fingerprint density at radius 3 is 2.94 bits per heavy atom. The minimum atomic E-state index is 0.593. The van der Waals surface area contributed by atoms with Gasteiger partial charge in [-0.2, -0.15) is 0 Å². The van der Waals surface area contributed by atoms with Crippen LogP contribution in [0.3, 0.4) is 0 Å². The molecule has 0 aromatic carbocycles. The minimum Gasteiger partial charge on any atom is -0.314 e. The smallest absolute Gasteiger partial charge is 0.0404 e. The van der Waals surface area contributed by atoms with Crippen molar-refractivity contribution in [3.8, 4) is 0 Å². The highest BCUT2D eigenvalue weighted by Crippen LogP contribution is 2.07. The van der Waals surface area contributed by atoms with E-state index in [1.165, 1.54) is 18.5 Å². The van der Waals surface area contributed by atoms with Crippen molar-refractivity contribution in [2.24, 2.45) is 0 Å². The fourth-order valence-electron chi connectivity index (χ4n) is 1.88. The van der Waals surface area contributed by atoms with Crippen LogP contribution >= 0.6 is 0 Å². The van der Waals surface area contributed by atoms with Crippen LogP contribution in [0, 0.1) is 0 Å². The van der Waals surface area contributed by atoms with Gasteiger partial charge in [0.2, 0.25) is 0 Å². The van der Waals surface area contributed by atoms with Gasteiger partial charge in [-0.25, -0.2) is 0 Å². The first kappa shape index (κ1) is 13.9. The second-order valence-electron chi connectivity index (χ2n) is 4.38. The lowest BCUT2D eigenvalue weighted by Gasteiger charge is -2.17. The number of nitrogens with zero attached hydrogens (tertiary/aromatic N) is 1. The number of nitrogens with one attached hydrogen (secondary N) is 1. The van der Waals surface area contributed by atoms with E-state index in [-0.39, 0.29) is 0 Å². The second kappa shape index (κ2) is 8.94. The van der Waals surface area contributed by atoms with Gasteiger partial charge >= 0.3 is 0 Å². The van der Waals surface area contributed by atoms with Gasteiger partial charge in [-0.1, -0.05) is 19.1 Å². The molecule has 1 aromatic heterocycles. The summed E-state index contributed by atoms with van der Waals surface area (Å²) in [5, 5.41) is 3.60. The average molecular weight is 232 g/mol. The molecule has 1 aromatic rings. The summed E-state index contributed by atoms with van der Waals surface area (Å²) in [4.78, 5) is 4.36. The van der Waals surface area contributed by atoms with Gasteiger partial charge in [0.25, 0.3) is 0 Å². The molecule has 17 heavy (non-hydrogen) atoms. The normalized spacial score (nSPS) is 12.3. The molecular formula is C15H24N2. The van der Waals surface area contributed by atoms with Gasteiger partial charge in [0.15, 0.2) is 0 Å². The van der Waals surface area contributed by atoms with Crippen molar-refractivity contribution in [1.29, 1.82) is 0 Å². The Bertz CT molecular complexity index is 295. The molecular weight excluding hydrogens is 208 g/mol. The van der Waals surface area contributed by atoms with Crippen LogP contribution in [0.4, 0.5) is 0 Å². The van der Waals surface area contributed by atoms with E-state index in [0.717, 1.165) is 25.8 Å². The van der Waals surface area contributed by atoms with E-state index in [1.807, 2.05) is 18.3 Å². The number of pyridine rings is 1. The van der Waals surface area contributed by atoms with Crippen molar-refractivity contribution < 1.29 is 0 Å². The Hall–Kier alpha value is -1.15. The molecule has 0 fully saturated rings. The molecule has 1 unspecified atom stereocenters. The van der Waals surface area contributed by atoms with Crippen LogP contribution in [0.2, 0.25) is 0 Å². The number of rotatable bonds is 9. The lowest BCUT2D eigenvalue weighted by atomic mass is 10.0. The zero-order valence-electron chi connectivity index (χ0n) is 10.9. The van der Waals surface area contributed by atoms with Gasteiger partial charge in [-0.15, -0.1) is 6.58 Å². The third kappa shape index (κ3) is 6.22. The van der Waals surface area contributed by atoms with Crippen LogP contribution < -0.4 is 5.32 Å². The number of aromatic nitrogens is 1. The number of aryl methyl sites for hydroxylation is 1. The lowest BCUT2D eigenvalue weighted by Crippen LogP contribution is -2.30. The van der Waals surface area contributed by atoms with E-state index >= 15 is 0 Å². The van der Waals surface area contributed by atoms with Crippen LogP contribution in [0.1, 0.15) is 38.3 Å². The van der Waals surface area contributed by atoms with Gasteiger partial charge < -0.3 is 5.32 Å². The first-order valence-electron chi connectivity index (χ1n) is 6.61. The Balaban J connectivity index is 2.34. The van der Waals surface area contributed by atoms with Crippen LogP contribution in [0.5, 0.6) is 0 Å². The monoisotopic (exact) mass is 232 g/mol. The van der Waals surface area contributed by atoms with Crippen molar-refractivity contribution >= 4 is 0 Å². The third-order valence-corrected chi connectivity index (χ3v) is 2.88. The molecule has 94 valence electrons. The summed E-state index contributed by atoms with van der Waals surface area (Å²) in [6, 6.07) is 6.72. The quantitative estimate of drug-likeness (QED) is 0.660. The maximum atomic E-state index is 4.36. The largest absolute Gasteiger partial charge is 0.314 e. The summed E-state index contributed by atoms with van der Waals surface area (Å²) in [7, 11) is 0. The van der Waals surface area contributed by atoms with Crippen molar-refractivity contribution in [2.45, 2.75) is 45.1 Å². The van der Waals surface area contributed by atoms with E-state index in [2.05, 4.69) is 35.9 Å². The zero-order chi connectivity index (χ0) is 12.3. The van der Waals surface area contributed by atoms with E-state index in [1.54, 1.807) is 0 Å². The molecule has 0 bridgehead atoms. The summed E-state index contributed by atoms with van der Waals surface area (Å²) in [5.74, 6) is 0. The topological polar surface area (TPSA) is 24.9 Å². The predicted molar refractivity (Wildman–Crippen MR) is 74.1 cm³/mol. The van der Waals surface area contributed by atoms with Gasteiger partial charge in [-0.05, 0) is 50.8 Å². The fraction of sp³-hybridized carbons (Fsp3) is 0.533. The van der Waals surface area contributed by atoms with Crippen molar-refractivity contribution in [3.05, 3.63) is 42.7 Å². The Kier molecular flexibility index (Phi) is 7.32. The van der Waals surface area contributed by atoms with E-state index in [4.69, 9.17) is 0 Å². The van der Waals surface area contributed by atoms with Crippen LogP contribution in [0.15, 0.2) is 37.1 Å². The first-order valence-corrected chi connectivity index (χ1v) is 6.61. The predicted octanol–water partition coefficient (Wildman–Crippen LogP) is 3.35. The standard InChI is InChI=1S/C15H24N2/c1-3-5-8-14(16-12-4-2)10-11-15-9-6-7-13-17-15/h3,6-7,9,13-14,16H,1,4-5,8,10-12H2,2H3. The van der Waals surface area contributed by atoms with Gasteiger partial charge in [0, 0.05) is 17.9 Å². The zero-order valence-corrected chi connectivity index (χ0v) is 10.9. The van der Waals surface area contributed by atoms with Crippen LogP contribution in [-0.4, -0.2) is 17.6 Å². The van der Waals surface area contributed by atoms with Crippen molar-refractivity contribution in [3.63, 3.8) is 0 Å². The van der Waals surface area contributed by atoms with Gasteiger partial charge in [0.1, 0.15) is 0 Å². The molecule has 1 heterocycles. The van der Waals surface area contributed by atoms with E-state index in [9.17, 15) is 0 Å². The Morgan fingerprint density at radius 1 is 1.41 bits per heavy atom. The van der Waals surface area contributed by atoms with Gasteiger partial charge in [0.05, 0.1) is 0 Å². The highest BCUT2D eigenvalue weighted by molar-refractivity contribution is 5.03. The van der Waals surface area contributed by atoms with Crippen LogP contribution in [-0.2, 0) is 6.42 Å². The third-order valence-electron chi connectivity index (χ3n) is 2.88. The molecule has 1 atom stereocenters. The molecule has 0 saturated carbocycles. The number of hydrogen-bond acceptors (Lipinski definition) is 2. The number of hydrogen-bond donors (Lipinski definition) is 1. The van der Waals surface area contributed by atoms with E-state index < -0.39 is 0 Å². The molecule has 0 radical (unpaired) electrons. The molecule has 0 amide bonds. The highest BCUT2D eigenvalue weighted by atomic mass is 14.9. The molecule has 0 aliphatic heterocycles. The van der Waals surface area contributed by atoms with E-state index in [0.29, 0.717) is 6.04 Å². The summed E-state index contributed by atoms with van der Waals surface area (Å²) < 4.78 is 0. The molecule has 1 rings (SSSR count). The minimum absolute atomic E-state index is 0.593. The van der Waals surface area contributed by atoms with Crippen molar-refractivity contribution in [1.82, 2.24) is 10.3 Å². The lowest BCUT2D eigenvalue weighted by molar-refractivity contribution is 0.454. The molecule has 0 saturated heterocycles. The molecule has 2 heteroatoms. The summed E-state index contributed by atoms with van der Waals surface area (Å²) in [5.41, 5.74) is 1.19. The second-order valence-corrected chi connectivity index (χ2v) is 4.38. The average Bonchev–Trinajstić information content (AvgIpc) is 2.39. The molecule has 1 N–H and O–H groups in total. The fourth-order valence-corrected chi connectivity index (χ4v) is 1.88.